The molecule has 0 unspecified atom stereocenters. The van der Waals surface area contributed by atoms with Gasteiger partial charge in [0.2, 0.25) is 0 Å². The fraction of sp³-hybridized carbons (Fsp3) is 0.167. The molecule has 3 aromatic heterocycles. The predicted molar refractivity (Wildman–Crippen MR) is 101 cm³/mol. The van der Waals surface area contributed by atoms with Gasteiger partial charge in [0.1, 0.15) is 9.53 Å². The monoisotopic (exact) mass is 353 g/mol. The molecule has 0 fully saturated rings. The van der Waals surface area contributed by atoms with E-state index in [1.165, 1.54) is 16.9 Å². The zero-order valence-corrected chi connectivity index (χ0v) is 14.7. The van der Waals surface area contributed by atoms with Crippen LogP contribution in [0.4, 0.5) is 0 Å². The van der Waals surface area contributed by atoms with Crippen LogP contribution in [0.2, 0.25) is 0 Å². The zero-order chi connectivity index (χ0) is 16.7. The summed E-state index contributed by atoms with van der Waals surface area (Å²) in [6.07, 6.45) is 1.74. The largest absolute Gasteiger partial charge is 0.330 e. The molecule has 1 N–H and O–H groups in total. The van der Waals surface area contributed by atoms with Crippen molar-refractivity contribution in [2.24, 2.45) is 0 Å². The van der Waals surface area contributed by atoms with Crippen molar-refractivity contribution < 1.29 is 0 Å². The average Bonchev–Trinajstić information content (AvgIpc) is 2.98. The first-order valence-electron chi connectivity index (χ1n) is 7.70. The van der Waals surface area contributed by atoms with E-state index in [0.29, 0.717) is 16.0 Å². The average molecular weight is 353 g/mol. The molecule has 0 radical (unpaired) electrons. The molecule has 24 heavy (non-hydrogen) atoms. The molecule has 0 aliphatic carbocycles. The van der Waals surface area contributed by atoms with Gasteiger partial charge in [0.15, 0.2) is 4.77 Å². The third-order valence-corrected chi connectivity index (χ3v) is 5.63. The Hall–Kier alpha value is -2.31. The molecule has 120 valence electrons. The van der Waals surface area contributed by atoms with Crippen LogP contribution < -0.4 is 5.56 Å². The van der Waals surface area contributed by atoms with E-state index in [-0.39, 0.29) is 11.5 Å². The van der Waals surface area contributed by atoms with Crippen molar-refractivity contribution in [3.8, 4) is 0 Å². The minimum atomic E-state index is -0.0421. The topological polar surface area (TPSA) is 50.7 Å². The van der Waals surface area contributed by atoms with Crippen LogP contribution in [-0.2, 0) is 6.54 Å². The number of pyridine rings is 1. The van der Waals surface area contributed by atoms with Gasteiger partial charge in [-0.2, -0.15) is 0 Å². The van der Waals surface area contributed by atoms with Gasteiger partial charge in [-0.25, -0.2) is 4.98 Å². The van der Waals surface area contributed by atoms with Gasteiger partial charge in [-0.15, -0.1) is 11.3 Å². The molecule has 0 spiro atoms. The molecule has 0 bridgehead atoms. The van der Waals surface area contributed by atoms with Crippen molar-refractivity contribution in [3.63, 3.8) is 0 Å². The van der Waals surface area contributed by atoms with E-state index >= 15 is 0 Å². The van der Waals surface area contributed by atoms with Crippen molar-refractivity contribution in [3.05, 3.63) is 69.3 Å². The molecule has 6 heteroatoms. The van der Waals surface area contributed by atoms with Crippen molar-refractivity contribution in [2.75, 3.05) is 0 Å². The molecule has 4 rings (SSSR count). The van der Waals surface area contributed by atoms with E-state index in [9.17, 15) is 4.79 Å². The number of H-pyrrole nitrogens is 1. The lowest BCUT2D eigenvalue weighted by molar-refractivity contribution is 0.570. The number of nitrogens with one attached hydrogen (secondary N) is 1. The molecule has 0 aliphatic rings. The Kier molecular flexibility index (Phi) is 3.78. The molecule has 0 amide bonds. The Balaban J connectivity index is 1.86. The van der Waals surface area contributed by atoms with E-state index in [2.05, 4.69) is 29.0 Å². The highest BCUT2D eigenvalue weighted by molar-refractivity contribution is 7.71. The molecule has 0 aliphatic heterocycles. The van der Waals surface area contributed by atoms with Crippen LogP contribution in [0.15, 0.2) is 53.5 Å². The molecule has 0 saturated carbocycles. The quantitative estimate of drug-likeness (QED) is 0.553. The number of hydrogen-bond donors (Lipinski definition) is 1. The van der Waals surface area contributed by atoms with Crippen molar-refractivity contribution in [1.82, 2.24) is 14.5 Å². The minimum absolute atomic E-state index is 0.0421. The number of benzene rings is 1. The highest BCUT2D eigenvalue weighted by Crippen LogP contribution is 2.28. The third-order valence-electron chi connectivity index (χ3n) is 4.21. The molecular formula is C18H15N3OS2. The SMILES string of the molecule is C[C@H](Cn1c(=S)[nH]c2c(sc3ncccc32)c1=O)c1ccccc1. The molecule has 4 nitrogen and oxygen atoms in total. The summed E-state index contributed by atoms with van der Waals surface area (Å²) in [5, 5.41) is 0.948. The van der Waals surface area contributed by atoms with Crippen molar-refractivity contribution in [2.45, 2.75) is 19.4 Å². The van der Waals surface area contributed by atoms with Gasteiger partial charge in [-0.05, 0) is 35.8 Å². The number of thiophene rings is 1. The van der Waals surface area contributed by atoms with E-state index < -0.39 is 0 Å². The fourth-order valence-electron chi connectivity index (χ4n) is 2.92. The van der Waals surface area contributed by atoms with Gasteiger partial charge in [-0.3, -0.25) is 9.36 Å². The van der Waals surface area contributed by atoms with Gasteiger partial charge in [0.25, 0.3) is 5.56 Å². The normalized spacial score (nSPS) is 12.7. The minimum Gasteiger partial charge on any atom is -0.330 e. The lowest BCUT2D eigenvalue weighted by Gasteiger charge is -2.14. The molecule has 1 aromatic carbocycles. The van der Waals surface area contributed by atoms with E-state index in [1.54, 1.807) is 10.8 Å². The Bertz CT molecular complexity index is 1140. The summed E-state index contributed by atoms with van der Waals surface area (Å²) in [5.41, 5.74) is 1.94. The van der Waals surface area contributed by atoms with Crippen molar-refractivity contribution >= 4 is 44.0 Å². The second-order valence-electron chi connectivity index (χ2n) is 5.82. The van der Waals surface area contributed by atoms with Crippen LogP contribution in [0.25, 0.3) is 20.4 Å². The smallest absolute Gasteiger partial charge is 0.272 e. The van der Waals surface area contributed by atoms with Gasteiger partial charge >= 0.3 is 0 Å². The summed E-state index contributed by atoms with van der Waals surface area (Å²) in [4.78, 5) is 21.4. The van der Waals surface area contributed by atoms with Gasteiger partial charge in [0.05, 0.1) is 5.52 Å². The summed E-state index contributed by atoms with van der Waals surface area (Å²) in [6, 6.07) is 14.0. The third kappa shape index (κ3) is 2.48. The van der Waals surface area contributed by atoms with Crippen molar-refractivity contribution in [1.29, 1.82) is 0 Å². The summed E-state index contributed by atoms with van der Waals surface area (Å²) in [6.45, 7) is 2.66. The zero-order valence-electron chi connectivity index (χ0n) is 13.0. The summed E-state index contributed by atoms with van der Waals surface area (Å²) < 4.78 is 2.79. The van der Waals surface area contributed by atoms with E-state index in [1.807, 2.05) is 30.3 Å². The number of rotatable bonds is 3. The van der Waals surface area contributed by atoms with Gasteiger partial charge in [0, 0.05) is 18.1 Å². The summed E-state index contributed by atoms with van der Waals surface area (Å²) in [7, 11) is 0. The lowest BCUT2D eigenvalue weighted by atomic mass is 10.0. The summed E-state index contributed by atoms with van der Waals surface area (Å²) >= 11 is 6.87. The van der Waals surface area contributed by atoms with Crippen LogP contribution in [0.3, 0.4) is 0 Å². The predicted octanol–water partition coefficient (Wildman–Crippen LogP) is 4.47. The maximum absolute atomic E-state index is 12.9. The maximum atomic E-state index is 12.9. The molecule has 0 saturated heterocycles. The Morgan fingerprint density at radius 2 is 2.04 bits per heavy atom. The Morgan fingerprint density at radius 1 is 1.25 bits per heavy atom. The fourth-order valence-corrected chi connectivity index (χ4v) is 4.23. The van der Waals surface area contributed by atoms with Gasteiger partial charge in [-0.1, -0.05) is 37.3 Å². The molecular weight excluding hydrogens is 338 g/mol. The first-order valence-corrected chi connectivity index (χ1v) is 8.93. The first kappa shape index (κ1) is 15.2. The second kappa shape index (κ2) is 5.96. The van der Waals surface area contributed by atoms with E-state index in [4.69, 9.17) is 12.2 Å². The molecule has 4 aromatic rings. The number of aromatic nitrogens is 3. The van der Waals surface area contributed by atoms with E-state index in [0.717, 1.165) is 15.7 Å². The van der Waals surface area contributed by atoms with Gasteiger partial charge < -0.3 is 4.98 Å². The van der Waals surface area contributed by atoms with Crippen LogP contribution >= 0.6 is 23.6 Å². The Morgan fingerprint density at radius 3 is 2.83 bits per heavy atom. The molecule has 1 atom stereocenters. The second-order valence-corrected chi connectivity index (χ2v) is 7.21. The highest BCUT2D eigenvalue weighted by atomic mass is 32.1. The first-order chi connectivity index (χ1) is 11.6. The highest BCUT2D eigenvalue weighted by Gasteiger charge is 2.14. The van der Waals surface area contributed by atoms with Crippen LogP contribution in [0.5, 0.6) is 0 Å². The lowest BCUT2D eigenvalue weighted by Crippen LogP contribution is -2.23. The molecule has 3 heterocycles. The van der Waals surface area contributed by atoms with Crippen LogP contribution in [0.1, 0.15) is 18.4 Å². The number of nitrogens with zero attached hydrogens (tertiary/aromatic N) is 2. The summed E-state index contributed by atoms with van der Waals surface area (Å²) in [5.74, 6) is 0.198. The van der Waals surface area contributed by atoms with Crippen LogP contribution in [-0.4, -0.2) is 14.5 Å². The Labute approximate surface area is 147 Å². The number of hydrogen-bond acceptors (Lipinski definition) is 4. The standard InChI is InChI=1S/C18H15N3OS2/c1-11(12-6-3-2-4-7-12)10-21-17(22)15-14(20-18(21)23)13-8-5-9-19-16(13)24-15/h2-9,11H,10H2,1H3,(H,20,23)/t11-/m1/s1. The number of fused-ring (bicyclic) bond motifs is 3. The maximum Gasteiger partial charge on any atom is 0.272 e. The van der Waals surface area contributed by atoms with Crippen LogP contribution in [0, 0.1) is 4.77 Å². The number of aromatic amines is 1.